The normalized spacial score (nSPS) is 21.3. The molecule has 0 radical (unpaired) electrons. The van der Waals surface area contributed by atoms with Gasteiger partial charge < -0.3 is 4.57 Å². The standard InChI is InChI=1S/C14H15ClFIN2S/c1-8(15)14-18-12-6-11(17)10(16)5-13(12)19(14)9-3-2-4-20-7-9/h5-6,8-9H,2-4,7H2,1H3. The number of imidazole rings is 1. The Morgan fingerprint density at radius 2 is 2.35 bits per heavy atom. The summed E-state index contributed by atoms with van der Waals surface area (Å²) in [6.07, 6.45) is 2.31. The highest BCUT2D eigenvalue weighted by atomic mass is 127. The quantitative estimate of drug-likeness (QED) is 0.490. The maximum atomic E-state index is 13.9. The summed E-state index contributed by atoms with van der Waals surface area (Å²) in [5.74, 6) is 2.93. The molecule has 0 amide bonds. The third-order valence-electron chi connectivity index (χ3n) is 3.62. The molecule has 1 aromatic carbocycles. The summed E-state index contributed by atoms with van der Waals surface area (Å²) >= 11 is 10.2. The molecule has 0 bridgehead atoms. The van der Waals surface area contributed by atoms with Crippen molar-refractivity contribution in [2.75, 3.05) is 11.5 Å². The Morgan fingerprint density at radius 3 is 3.00 bits per heavy atom. The number of aromatic nitrogens is 2. The van der Waals surface area contributed by atoms with Crippen LogP contribution in [0, 0.1) is 9.39 Å². The molecule has 2 atom stereocenters. The maximum Gasteiger partial charge on any atom is 0.138 e. The van der Waals surface area contributed by atoms with Crippen LogP contribution in [-0.2, 0) is 0 Å². The zero-order chi connectivity index (χ0) is 14.3. The van der Waals surface area contributed by atoms with Gasteiger partial charge >= 0.3 is 0 Å². The van der Waals surface area contributed by atoms with E-state index in [1.54, 1.807) is 12.1 Å². The third-order valence-corrected chi connectivity index (χ3v) is 5.84. The average molecular weight is 425 g/mol. The molecule has 1 saturated heterocycles. The summed E-state index contributed by atoms with van der Waals surface area (Å²) in [5.41, 5.74) is 1.71. The van der Waals surface area contributed by atoms with Crippen LogP contribution in [0.4, 0.5) is 4.39 Å². The van der Waals surface area contributed by atoms with Crippen LogP contribution >= 0.6 is 46.0 Å². The molecule has 0 aliphatic carbocycles. The lowest BCUT2D eigenvalue weighted by Crippen LogP contribution is -2.18. The van der Waals surface area contributed by atoms with Gasteiger partial charge in [0.25, 0.3) is 0 Å². The first-order chi connectivity index (χ1) is 9.58. The lowest BCUT2D eigenvalue weighted by molar-refractivity contribution is 0.493. The maximum absolute atomic E-state index is 13.9. The summed E-state index contributed by atoms with van der Waals surface area (Å²) in [6.45, 7) is 1.93. The predicted molar refractivity (Wildman–Crippen MR) is 92.3 cm³/mol. The van der Waals surface area contributed by atoms with Crippen LogP contribution < -0.4 is 0 Å². The second kappa shape index (κ2) is 6.01. The van der Waals surface area contributed by atoms with Gasteiger partial charge in [0.1, 0.15) is 11.6 Å². The molecule has 0 spiro atoms. The Bertz CT molecular complexity index is 638. The van der Waals surface area contributed by atoms with Crippen molar-refractivity contribution in [1.29, 1.82) is 0 Å². The molecule has 2 aromatic rings. The molecule has 2 unspecified atom stereocenters. The molecule has 1 fully saturated rings. The molecule has 108 valence electrons. The summed E-state index contributed by atoms with van der Waals surface area (Å²) in [5, 5.41) is -0.171. The smallest absolute Gasteiger partial charge is 0.138 e. The van der Waals surface area contributed by atoms with Gasteiger partial charge in [-0.1, -0.05) is 0 Å². The number of hydrogen-bond donors (Lipinski definition) is 0. The molecular weight excluding hydrogens is 410 g/mol. The molecule has 2 heterocycles. The second-order valence-corrected chi connectivity index (χ2v) is 8.05. The highest BCUT2D eigenvalue weighted by Crippen LogP contribution is 2.35. The minimum atomic E-state index is -0.184. The molecule has 20 heavy (non-hydrogen) atoms. The molecule has 1 aliphatic rings. The molecule has 1 aliphatic heterocycles. The van der Waals surface area contributed by atoms with E-state index < -0.39 is 0 Å². The summed E-state index contributed by atoms with van der Waals surface area (Å²) in [4.78, 5) is 4.64. The SMILES string of the molecule is CC(Cl)c1nc2cc(I)c(F)cc2n1C1CCCSC1. The number of alkyl halides is 1. The average Bonchev–Trinajstić information content (AvgIpc) is 2.79. The molecule has 1 aromatic heterocycles. The van der Waals surface area contributed by atoms with Crippen molar-refractivity contribution < 1.29 is 4.39 Å². The van der Waals surface area contributed by atoms with E-state index in [4.69, 9.17) is 11.6 Å². The van der Waals surface area contributed by atoms with Gasteiger partial charge in [-0.05, 0) is 54.2 Å². The topological polar surface area (TPSA) is 17.8 Å². The number of thioether (sulfide) groups is 1. The van der Waals surface area contributed by atoms with Crippen LogP contribution in [0.2, 0.25) is 0 Å². The van der Waals surface area contributed by atoms with E-state index in [9.17, 15) is 4.39 Å². The molecule has 2 nitrogen and oxygen atoms in total. The van der Waals surface area contributed by atoms with Gasteiger partial charge in [0, 0.05) is 17.9 Å². The van der Waals surface area contributed by atoms with Crippen LogP contribution in [0.15, 0.2) is 12.1 Å². The molecule has 3 rings (SSSR count). The number of nitrogens with zero attached hydrogens (tertiary/aromatic N) is 2. The van der Waals surface area contributed by atoms with Gasteiger partial charge in [-0.15, -0.1) is 11.6 Å². The number of rotatable bonds is 2. The van der Waals surface area contributed by atoms with Gasteiger partial charge in [-0.3, -0.25) is 0 Å². The Labute approximate surface area is 140 Å². The van der Waals surface area contributed by atoms with Crippen molar-refractivity contribution >= 4 is 57.0 Å². The van der Waals surface area contributed by atoms with Gasteiger partial charge in [-0.25, -0.2) is 9.37 Å². The largest absolute Gasteiger partial charge is 0.323 e. The second-order valence-electron chi connectivity index (χ2n) is 5.08. The van der Waals surface area contributed by atoms with E-state index in [2.05, 4.69) is 9.55 Å². The van der Waals surface area contributed by atoms with Crippen LogP contribution in [-0.4, -0.2) is 21.1 Å². The van der Waals surface area contributed by atoms with Gasteiger partial charge in [0.05, 0.1) is 20.0 Å². The van der Waals surface area contributed by atoms with Crippen LogP contribution in [0.25, 0.3) is 11.0 Å². The van der Waals surface area contributed by atoms with E-state index in [1.165, 1.54) is 12.2 Å². The molecule has 6 heteroatoms. The fourth-order valence-electron chi connectivity index (χ4n) is 2.70. The van der Waals surface area contributed by atoms with Crippen molar-refractivity contribution in [3.8, 4) is 0 Å². The zero-order valence-electron chi connectivity index (χ0n) is 11.1. The zero-order valence-corrected chi connectivity index (χ0v) is 14.8. The molecular formula is C14H15ClFIN2S. The van der Waals surface area contributed by atoms with Crippen LogP contribution in [0.1, 0.15) is 37.0 Å². The van der Waals surface area contributed by atoms with Gasteiger partial charge in [0.2, 0.25) is 0 Å². The van der Waals surface area contributed by atoms with Gasteiger partial charge in [0.15, 0.2) is 0 Å². The van der Waals surface area contributed by atoms with Crippen molar-refractivity contribution in [3.63, 3.8) is 0 Å². The Hall–Kier alpha value is -0.0100. The Morgan fingerprint density at radius 1 is 1.55 bits per heavy atom. The Balaban J connectivity index is 2.20. The fraction of sp³-hybridized carbons (Fsp3) is 0.500. The number of hydrogen-bond acceptors (Lipinski definition) is 2. The minimum absolute atomic E-state index is 0.171. The van der Waals surface area contributed by atoms with E-state index in [0.717, 1.165) is 29.0 Å². The lowest BCUT2D eigenvalue weighted by Gasteiger charge is -2.25. The van der Waals surface area contributed by atoms with Crippen molar-refractivity contribution in [1.82, 2.24) is 9.55 Å². The van der Waals surface area contributed by atoms with Crippen molar-refractivity contribution in [2.45, 2.75) is 31.2 Å². The first-order valence-electron chi connectivity index (χ1n) is 6.66. The summed E-state index contributed by atoms with van der Waals surface area (Å²) < 4.78 is 16.7. The minimum Gasteiger partial charge on any atom is -0.323 e. The van der Waals surface area contributed by atoms with E-state index in [1.807, 2.05) is 41.3 Å². The van der Waals surface area contributed by atoms with Crippen LogP contribution in [0.5, 0.6) is 0 Å². The summed E-state index contributed by atoms with van der Waals surface area (Å²) in [7, 11) is 0. The number of halogens is 3. The highest BCUT2D eigenvalue weighted by molar-refractivity contribution is 14.1. The van der Waals surface area contributed by atoms with E-state index >= 15 is 0 Å². The first-order valence-corrected chi connectivity index (χ1v) is 9.33. The number of benzene rings is 1. The number of fused-ring (bicyclic) bond motifs is 1. The van der Waals surface area contributed by atoms with Gasteiger partial charge in [-0.2, -0.15) is 11.8 Å². The van der Waals surface area contributed by atoms with E-state index in [0.29, 0.717) is 9.61 Å². The fourth-order valence-corrected chi connectivity index (χ4v) is 4.43. The lowest BCUT2D eigenvalue weighted by atomic mass is 10.1. The third kappa shape index (κ3) is 2.68. The highest BCUT2D eigenvalue weighted by Gasteiger charge is 2.24. The Kier molecular flexibility index (Phi) is 4.48. The summed E-state index contributed by atoms with van der Waals surface area (Å²) in [6, 6.07) is 3.78. The first kappa shape index (κ1) is 14.9. The van der Waals surface area contributed by atoms with Crippen molar-refractivity contribution in [2.24, 2.45) is 0 Å². The van der Waals surface area contributed by atoms with Crippen LogP contribution in [0.3, 0.4) is 0 Å². The monoisotopic (exact) mass is 424 g/mol. The van der Waals surface area contributed by atoms with E-state index in [-0.39, 0.29) is 11.2 Å². The predicted octanol–water partition coefficient (Wildman–Crippen LogP) is 5.15. The molecule has 0 saturated carbocycles. The van der Waals surface area contributed by atoms with Crippen molar-refractivity contribution in [3.05, 3.63) is 27.3 Å². The molecule has 0 N–H and O–H groups in total.